The Morgan fingerprint density at radius 2 is 2.40 bits per heavy atom. The van der Waals surface area contributed by atoms with Crippen LogP contribution in [0.25, 0.3) is 0 Å². The van der Waals surface area contributed by atoms with Crippen molar-refractivity contribution in [1.82, 2.24) is 4.90 Å². The highest BCUT2D eigenvalue weighted by Crippen LogP contribution is 2.23. The summed E-state index contributed by atoms with van der Waals surface area (Å²) in [6, 6.07) is 2.85. The van der Waals surface area contributed by atoms with Gasteiger partial charge in [0.2, 0.25) is 0 Å². The Kier molecular flexibility index (Phi) is 3.78. The van der Waals surface area contributed by atoms with E-state index in [0.717, 1.165) is 13.1 Å². The number of likely N-dealkylation sites (tertiary alicyclic amines) is 1. The van der Waals surface area contributed by atoms with Crippen LogP contribution < -0.4 is 0 Å². The summed E-state index contributed by atoms with van der Waals surface area (Å²) in [4.78, 5) is 2.49. The zero-order valence-corrected chi connectivity index (χ0v) is 10.0. The van der Waals surface area contributed by atoms with Crippen molar-refractivity contribution in [1.29, 1.82) is 0 Å². The van der Waals surface area contributed by atoms with Gasteiger partial charge in [0.25, 0.3) is 0 Å². The molecule has 1 aromatic heterocycles. The molecule has 2 atom stereocenters. The third-order valence-corrected chi connectivity index (χ3v) is 4.06. The minimum atomic E-state index is 0.340. The molecule has 15 heavy (non-hydrogen) atoms. The third kappa shape index (κ3) is 2.80. The van der Waals surface area contributed by atoms with Gasteiger partial charge in [-0.25, -0.2) is 0 Å². The summed E-state index contributed by atoms with van der Waals surface area (Å²) >= 11 is 1.76. The molecule has 1 aromatic rings. The molecule has 84 valence electrons. The van der Waals surface area contributed by atoms with E-state index in [9.17, 15) is 5.11 Å². The molecule has 0 spiro atoms. The Hall–Kier alpha value is -0.380. The highest BCUT2D eigenvalue weighted by molar-refractivity contribution is 7.07. The zero-order valence-electron chi connectivity index (χ0n) is 9.22. The van der Waals surface area contributed by atoms with E-state index in [0.29, 0.717) is 18.6 Å². The number of hydrogen-bond acceptors (Lipinski definition) is 3. The van der Waals surface area contributed by atoms with Gasteiger partial charge in [-0.2, -0.15) is 11.3 Å². The summed E-state index contributed by atoms with van der Waals surface area (Å²) in [5.74, 6) is 0.486. The molecular weight excluding hydrogens is 206 g/mol. The fourth-order valence-corrected chi connectivity index (χ4v) is 2.91. The number of hydrogen-bond donors (Lipinski definition) is 1. The van der Waals surface area contributed by atoms with E-state index in [1.807, 2.05) is 0 Å². The van der Waals surface area contributed by atoms with Gasteiger partial charge in [0.1, 0.15) is 0 Å². The van der Waals surface area contributed by atoms with Crippen molar-refractivity contribution in [2.24, 2.45) is 5.92 Å². The highest BCUT2D eigenvalue weighted by atomic mass is 32.1. The van der Waals surface area contributed by atoms with Crippen LogP contribution in [0.1, 0.15) is 25.3 Å². The van der Waals surface area contributed by atoms with E-state index in [1.165, 1.54) is 18.4 Å². The van der Waals surface area contributed by atoms with Crippen LogP contribution in [0.4, 0.5) is 0 Å². The molecule has 2 rings (SSSR count). The molecule has 2 nitrogen and oxygen atoms in total. The van der Waals surface area contributed by atoms with Gasteiger partial charge in [-0.05, 0) is 48.1 Å². The molecule has 0 unspecified atom stereocenters. The summed E-state index contributed by atoms with van der Waals surface area (Å²) in [7, 11) is 0. The first-order chi connectivity index (χ1) is 7.29. The molecule has 1 aliphatic rings. The largest absolute Gasteiger partial charge is 0.396 e. The van der Waals surface area contributed by atoms with Gasteiger partial charge in [0.15, 0.2) is 0 Å². The molecule has 0 amide bonds. The van der Waals surface area contributed by atoms with Gasteiger partial charge in [-0.1, -0.05) is 0 Å². The van der Waals surface area contributed by atoms with E-state index in [-0.39, 0.29) is 0 Å². The molecule has 2 heterocycles. The molecule has 1 saturated heterocycles. The Bertz CT molecular complexity index is 286. The summed E-state index contributed by atoms with van der Waals surface area (Å²) in [6.45, 7) is 4.72. The second kappa shape index (κ2) is 5.10. The first-order valence-electron chi connectivity index (χ1n) is 5.65. The van der Waals surface area contributed by atoms with E-state index in [4.69, 9.17) is 0 Å². The molecule has 0 bridgehead atoms. The molecule has 0 radical (unpaired) electrons. The normalized spacial score (nSPS) is 28.1. The monoisotopic (exact) mass is 225 g/mol. The zero-order chi connectivity index (χ0) is 10.7. The minimum Gasteiger partial charge on any atom is -0.396 e. The molecule has 0 saturated carbocycles. The Balaban J connectivity index is 1.94. The summed E-state index contributed by atoms with van der Waals surface area (Å²) in [5.41, 5.74) is 1.41. The molecule has 3 heteroatoms. The van der Waals surface area contributed by atoms with Crippen molar-refractivity contribution in [3.63, 3.8) is 0 Å². The van der Waals surface area contributed by atoms with Crippen LogP contribution in [0.15, 0.2) is 16.8 Å². The minimum absolute atomic E-state index is 0.340. The van der Waals surface area contributed by atoms with E-state index < -0.39 is 0 Å². The summed E-state index contributed by atoms with van der Waals surface area (Å²) in [5, 5.41) is 13.5. The van der Waals surface area contributed by atoms with Crippen molar-refractivity contribution in [3.05, 3.63) is 22.4 Å². The second-order valence-electron chi connectivity index (χ2n) is 4.54. The van der Waals surface area contributed by atoms with Gasteiger partial charge in [-0.3, -0.25) is 4.90 Å². The predicted molar refractivity (Wildman–Crippen MR) is 64.0 cm³/mol. The lowest BCUT2D eigenvalue weighted by atomic mass is 9.94. The van der Waals surface area contributed by atoms with Crippen LogP contribution in [0.3, 0.4) is 0 Å². The standard InChI is InChI=1S/C12H19NOS/c1-10-2-3-11(8-14)6-13(10)7-12-4-5-15-9-12/h4-5,9-11,14H,2-3,6-8H2,1H3/t10-,11+/m1/s1. The number of thiophene rings is 1. The lowest BCUT2D eigenvalue weighted by Crippen LogP contribution is -2.42. The molecule has 1 fully saturated rings. The Morgan fingerprint density at radius 1 is 1.53 bits per heavy atom. The van der Waals surface area contributed by atoms with Crippen LogP contribution in [-0.2, 0) is 6.54 Å². The lowest BCUT2D eigenvalue weighted by molar-refractivity contribution is 0.0772. The van der Waals surface area contributed by atoms with Crippen LogP contribution in [0.5, 0.6) is 0 Å². The summed E-state index contributed by atoms with van der Waals surface area (Å²) < 4.78 is 0. The third-order valence-electron chi connectivity index (χ3n) is 3.33. The SMILES string of the molecule is C[C@@H]1CC[C@H](CO)CN1Cc1ccsc1. The van der Waals surface area contributed by atoms with Crippen LogP contribution in [0.2, 0.25) is 0 Å². The first-order valence-corrected chi connectivity index (χ1v) is 6.60. The quantitative estimate of drug-likeness (QED) is 0.853. The molecule has 0 aromatic carbocycles. The van der Waals surface area contributed by atoms with E-state index >= 15 is 0 Å². The number of aliphatic hydroxyl groups excluding tert-OH is 1. The number of rotatable bonds is 3. The fourth-order valence-electron chi connectivity index (χ4n) is 2.25. The van der Waals surface area contributed by atoms with Crippen LogP contribution in [0, 0.1) is 5.92 Å². The van der Waals surface area contributed by atoms with Gasteiger partial charge < -0.3 is 5.11 Å². The summed E-state index contributed by atoms with van der Waals surface area (Å²) in [6.07, 6.45) is 2.40. The van der Waals surface area contributed by atoms with Crippen molar-refractivity contribution >= 4 is 11.3 Å². The smallest absolute Gasteiger partial charge is 0.0471 e. The number of aliphatic hydroxyl groups is 1. The fraction of sp³-hybridized carbons (Fsp3) is 0.667. The predicted octanol–water partition coefficient (Wildman–Crippen LogP) is 2.34. The van der Waals surface area contributed by atoms with Crippen molar-refractivity contribution in [3.8, 4) is 0 Å². The maximum Gasteiger partial charge on any atom is 0.0471 e. The number of piperidine rings is 1. The van der Waals surface area contributed by atoms with Crippen molar-refractivity contribution in [2.45, 2.75) is 32.4 Å². The van der Waals surface area contributed by atoms with E-state index in [1.54, 1.807) is 11.3 Å². The lowest BCUT2D eigenvalue weighted by Gasteiger charge is -2.37. The second-order valence-corrected chi connectivity index (χ2v) is 5.32. The maximum atomic E-state index is 9.20. The van der Waals surface area contributed by atoms with Crippen LogP contribution in [-0.4, -0.2) is 29.2 Å². The van der Waals surface area contributed by atoms with Gasteiger partial charge in [0.05, 0.1) is 0 Å². The van der Waals surface area contributed by atoms with Gasteiger partial charge >= 0.3 is 0 Å². The highest BCUT2D eigenvalue weighted by Gasteiger charge is 2.24. The van der Waals surface area contributed by atoms with Crippen molar-refractivity contribution < 1.29 is 5.11 Å². The average molecular weight is 225 g/mol. The molecule has 1 N–H and O–H groups in total. The maximum absolute atomic E-state index is 9.20. The van der Waals surface area contributed by atoms with Crippen LogP contribution >= 0.6 is 11.3 Å². The topological polar surface area (TPSA) is 23.5 Å². The number of nitrogens with zero attached hydrogens (tertiary/aromatic N) is 1. The molecule has 0 aliphatic carbocycles. The first kappa shape index (κ1) is 11.1. The molecule has 1 aliphatic heterocycles. The molecular formula is C12H19NOS. The Labute approximate surface area is 95.5 Å². The van der Waals surface area contributed by atoms with Gasteiger partial charge in [-0.15, -0.1) is 0 Å². The average Bonchev–Trinajstić information content (AvgIpc) is 2.74. The van der Waals surface area contributed by atoms with Crippen molar-refractivity contribution in [2.75, 3.05) is 13.2 Å². The Morgan fingerprint density at radius 3 is 3.07 bits per heavy atom. The van der Waals surface area contributed by atoms with E-state index in [2.05, 4.69) is 28.7 Å². The van der Waals surface area contributed by atoms with Gasteiger partial charge in [0, 0.05) is 25.7 Å².